The Bertz CT molecular complexity index is 343. The first-order chi connectivity index (χ1) is 7.98. The van der Waals surface area contributed by atoms with Crippen molar-refractivity contribution in [3.63, 3.8) is 0 Å². The molecule has 1 aliphatic heterocycles. The summed E-state index contributed by atoms with van der Waals surface area (Å²) in [5, 5.41) is 8.10. The van der Waals surface area contributed by atoms with Crippen molar-refractivity contribution >= 4 is 11.3 Å². The van der Waals surface area contributed by atoms with E-state index >= 15 is 0 Å². The zero-order valence-corrected chi connectivity index (χ0v) is 12.2. The number of rotatable bonds is 3. The average molecular weight is 252 g/mol. The first-order valence-electron chi connectivity index (χ1n) is 6.48. The van der Waals surface area contributed by atoms with Crippen molar-refractivity contribution in [3.8, 4) is 0 Å². The monoisotopic (exact) mass is 252 g/mol. The Morgan fingerprint density at radius 2 is 2.29 bits per heavy atom. The summed E-state index contributed by atoms with van der Waals surface area (Å²) in [4.78, 5) is 2.64. The molecule has 0 spiro atoms. The van der Waals surface area contributed by atoms with Crippen molar-refractivity contribution in [1.82, 2.24) is 10.2 Å². The quantitative estimate of drug-likeness (QED) is 0.890. The molecule has 1 fully saturated rings. The summed E-state index contributed by atoms with van der Waals surface area (Å²) in [5.41, 5.74) is 1.69. The Hall–Kier alpha value is -0.380. The number of nitrogens with zero attached hydrogens (tertiary/aromatic N) is 1. The normalized spacial score (nSPS) is 25.4. The summed E-state index contributed by atoms with van der Waals surface area (Å²) in [7, 11) is 0. The highest BCUT2D eigenvalue weighted by Gasteiger charge is 2.33. The van der Waals surface area contributed by atoms with E-state index in [4.69, 9.17) is 0 Å². The second kappa shape index (κ2) is 5.09. The Balaban J connectivity index is 2.08. The van der Waals surface area contributed by atoms with Gasteiger partial charge in [-0.2, -0.15) is 11.3 Å². The van der Waals surface area contributed by atoms with Crippen LogP contribution in [-0.4, -0.2) is 29.6 Å². The molecule has 0 aliphatic carbocycles. The maximum Gasteiger partial charge on any atom is 0.0253 e. The molecule has 2 nitrogen and oxygen atoms in total. The number of thiophene rings is 1. The lowest BCUT2D eigenvalue weighted by atomic mass is 9.93. The molecule has 1 atom stereocenters. The summed E-state index contributed by atoms with van der Waals surface area (Å²) < 4.78 is 0. The largest absolute Gasteiger partial charge is 0.309 e. The first-order valence-corrected chi connectivity index (χ1v) is 7.42. The van der Waals surface area contributed by atoms with Gasteiger partial charge >= 0.3 is 0 Å². The minimum absolute atomic E-state index is 0.238. The van der Waals surface area contributed by atoms with Crippen LogP contribution >= 0.6 is 11.3 Å². The molecule has 1 aromatic rings. The van der Waals surface area contributed by atoms with Gasteiger partial charge in [0.05, 0.1) is 0 Å². The molecule has 0 radical (unpaired) electrons. The van der Waals surface area contributed by atoms with Gasteiger partial charge in [0.2, 0.25) is 0 Å². The van der Waals surface area contributed by atoms with Crippen LogP contribution in [0.5, 0.6) is 0 Å². The predicted molar refractivity (Wildman–Crippen MR) is 75.4 cm³/mol. The van der Waals surface area contributed by atoms with Crippen molar-refractivity contribution in [1.29, 1.82) is 0 Å². The van der Waals surface area contributed by atoms with E-state index in [0.29, 0.717) is 12.0 Å². The van der Waals surface area contributed by atoms with Gasteiger partial charge < -0.3 is 5.32 Å². The molecule has 1 N–H and O–H groups in total. The van der Waals surface area contributed by atoms with Crippen molar-refractivity contribution in [2.75, 3.05) is 13.1 Å². The molecule has 1 saturated heterocycles. The molecule has 0 bridgehead atoms. The van der Waals surface area contributed by atoms with E-state index in [1.807, 2.05) is 0 Å². The third-order valence-corrected chi connectivity index (χ3v) is 4.32. The zero-order valence-electron chi connectivity index (χ0n) is 11.4. The maximum absolute atomic E-state index is 3.66. The molecule has 96 valence electrons. The number of nitrogens with one attached hydrogen (secondary N) is 1. The molecule has 17 heavy (non-hydrogen) atoms. The van der Waals surface area contributed by atoms with E-state index < -0.39 is 0 Å². The van der Waals surface area contributed by atoms with Crippen LogP contribution in [0.3, 0.4) is 0 Å². The second-order valence-corrected chi connectivity index (χ2v) is 6.89. The lowest BCUT2D eigenvalue weighted by Gasteiger charge is -2.46. The summed E-state index contributed by atoms with van der Waals surface area (Å²) in [6.45, 7) is 12.6. The topological polar surface area (TPSA) is 15.3 Å². The van der Waals surface area contributed by atoms with Gasteiger partial charge in [0.1, 0.15) is 0 Å². The Morgan fingerprint density at radius 3 is 2.88 bits per heavy atom. The molecule has 1 unspecified atom stereocenters. The SMILES string of the molecule is CC(C)C1CNC(C)(C)CN1Cc1ccsc1. The maximum atomic E-state index is 3.66. The molecule has 3 heteroatoms. The van der Waals surface area contributed by atoms with Crippen molar-refractivity contribution < 1.29 is 0 Å². The molecular formula is C14H24N2S. The predicted octanol–water partition coefficient (Wildman–Crippen LogP) is 2.96. The van der Waals surface area contributed by atoms with Crippen molar-refractivity contribution in [3.05, 3.63) is 22.4 Å². The average Bonchev–Trinajstić information content (AvgIpc) is 2.68. The molecular weight excluding hydrogens is 228 g/mol. The Labute approximate surface area is 109 Å². The second-order valence-electron chi connectivity index (χ2n) is 6.11. The minimum atomic E-state index is 0.238. The Morgan fingerprint density at radius 1 is 1.53 bits per heavy atom. The van der Waals surface area contributed by atoms with Gasteiger partial charge in [-0.25, -0.2) is 0 Å². The van der Waals surface area contributed by atoms with E-state index in [-0.39, 0.29) is 5.54 Å². The van der Waals surface area contributed by atoms with E-state index in [1.54, 1.807) is 11.3 Å². The van der Waals surface area contributed by atoms with Gasteiger partial charge in [-0.05, 0) is 42.2 Å². The minimum Gasteiger partial charge on any atom is -0.309 e. The summed E-state index contributed by atoms with van der Waals surface area (Å²) in [6.07, 6.45) is 0. The van der Waals surface area contributed by atoms with Crippen LogP contribution < -0.4 is 5.32 Å². The summed E-state index contributed by atoms with van der Waals surface area (Å²) in [5.74, 6) is 0.706. The van der Waals surface area contributed by atoms with Crippen molar-refractivity contribution in [2.45, 2.75) is 45.8 Å². The zero-order chi connectivity index (χ0) is 12.5. The molecule has 2 heterocycles. The third-order valence-electron chi connectivity index (χ3n) is 3.59. The summed E-state index contributed by atoms with van der Waals surface area (Å²) in [6, 6.07) is 2.90. The van der Waals surface area contributed by atoms with Crippen LogP contribution in [-0.2, 0) is 6.54 Å². The third kappa shape index (κ3) is 3.30. The van der Waals surface area contributed by atoms with Gasteiger partial charge in [-0.1, -0.05) is 13.8 Å². The van der Waals surface area contributed by atoms with E-state index in [9.17, 15) is 0 Å². The molecule has 1 aliphatic rings. The smallest absolute Gasteiger partial charge is 0.0253 e. The summed E-state index contributed by atoms with van der Waals surface area (Å²) >= 11 is 1.80. The lowest BCUT2D eigenvalue weighted by molar-refractivity contribution is 0.0628. The fourth-order valence-electron chi connectivity index (χ4n) is 2.64. The van der Waals surface area contributed by atoms with Gasteiger partial charge in [-0.3, -0.25) is 4.90 Å². The van der Waals surface area contributed by atoms with Crippen LogP contribution in [0.15, 0.2) is 16.8 Å². The molecule has 0 aromatic carbocycles. The fraction of sp³-hybridized carbons (Fsp3) is 0.714. The van der Waals surface area contributed by atoms with E-state index in [1.165, 1.54) is 5.56 Å². The highest BCUT2D eigenvalue weighted by atomic mass is 32.1. The lowest BCUT2D eigenvalue weighted by Crippen LogP contribution is -2.62. The molecule has 2 rings (SSSR count). The number of hydrogen-bond donors (Lipinski definition) is 1. The van der Waals surface area contributed by atoms with Crippen LogP contribution in [0.25, 0.3) is 0 Å². The number of piperazine rings is 1. The van der Waals surface area contributed by atoms with Gasteiger partial charge in [0.25, 0.3) is 0 Å². The van der Waals surface area contributed by atoms with Gasteiger partial charge in [0, 0.05) is 31.2 Å². The molecule has 1 aromatic heterocycles. The fourth-order valence-corrected chi connectivity index (χ4v) is 3.30. The highest BCUT2D eigenvalue weighted by molar-refractivity contribution is 7.07. The van der Waals surface area contributed by atoms with Crippen LogP contribution in [0, 0.1) is 5.92 Å². The molecule has 0 saturated carbocycles. The van der Waals surface area contributed by atoms with E-state index in [0.717, 1.165) is 19.6 Å². The number of hydrogen-bond acceptors (Lipinski definition) is 3. The van der Waals surface area contributed by atoms with Crippen LogP contribution in [0.2, 0.25) is 0 Å². The first kappa shape index (κ1) is 13.1. The highest BCUT2D eigenvalue weighted by Crippen LogP contribution is 2.23. The van der Waals surface area contributed by atoms with Gasteiger partial charge in [0.15, 0.2) is 0 Å². The van der Waals surface area contributed by atoms with Crippen LogP contribution in [0.4, 0.5) is 0 Å². The molecule has 0 amide bonds. The standard InChI is InChI=1S/C14H24N2S/c1-11(2)13-7-15-14(3,4)10-16(13)8-12-5-6-17-9-12/h5-6,9,11,13,15H,7-8,10H2,1-4H3. The van der Waals surface area contributed by atoms with Gasteiger partial charge in [-0.15, -0.1) is 0 Å². The van der Waals surface area contributed by atoms with Crippen molar-refractivity contribution in [2.24, 2.45) is 5.92 Å². The van der Waals surface area contributed by atoms with E-state index in [2.05, 4.69) is 54.7 Å². The van der Waals surface area contributed by atoms with Crippen LogP contribution in [0.1, 0.15) is 33.3 Å². The Kier molecular flexibility index (Phi) is 3.91.